The van der Waals surface area contributed by atoms with Crippen molar-refractivity contribution in [1.29, 1.82) is 0 Å². The van der Waals surface area contributed by atoms with Crippen molar-refractivity contribution in [3.05, 3.63) is 29.8 Å². The molecule has 1 heterocycles. The third-order valence-corrected chi connectivity index (χ3v) is 3.01. The Labute approximate surface area is 117 Å². The summed E-state index contributed by atoms with van der Waals surface area (Å²) in [5.74, 6) is -2.71. The van der Waals surface area contributed by atoms with Gasteiger partial charge in [0, 0.05) is 6.04 Å². The number of aliphatic carboxylic acids is 2. The molecule has 3 N–H and O–H groups in total. The van der Waals surface area contributed by atoms with Gasteiger partial charge in [0.2, 0.25) is 0 Å². The van der Waals surface area contributed by atoms with Crippen molar-refractivity contribution in [3.63, 3.8) is 0 Å². The third-order valence-electron chi connectivity index (χ3n) is 3.01. The molecule has 110 valence electrons. The highest BCUT2D eigenvalue weighted by molar-refractivity contribution is 6.27. The zero-order valence-corrected chi connectivity index (χ0v) is 11.3. The van der Waals surface area contributed by atoms with Gasteiger partial charge in [0.25, 0.3) is 0 Å². The van der Waals surface area contributed by atoms with E-state index in [1.54, 1.807) is 7.11 Å². The van der Waals surface area contributed by atoms with Crippen LogP contribution in [0, 0.1) is 0 Å². The molecule has 1 aliphatic heterocycles. The lowest BCUT2D eigenvalue weighted by Crippen LogP contribution is -2.26. The normalized spacial score (nSPS) is 17.6. The summed E-state index contributed by atoms with van der Waals surface area (Å²) >= 11 is 0. The Balaban J connectivity index is 0.000000286. The summed E-state index contributed by atoms with van der Waals surface area (Å²) in [6.07, 6.45) is 3.91. The number of methoxy groups -OCH3 is 1. The highest BCUT2D eigenvalue weighted by Crippen LogP contribution is 2.24. The molecule has 1 unspecified atom stereocenters. The zero-order chi connectivity index (χ0) is 15.0. The first-order valence-corrected chi connectivity index (χ1v) is 6.38. The number of carboxylic acids is 2. The number of benzene rings is 1. The third kappa shape index (κ3) is 5.27. The Kier molecular flexibility index (Phi) is 6.52. The highest BCUT2D eigenvalue weighted by atomic mass is 16.5. The van der Waals surface area contributed by atoms with E-state index in [-0.39, 0.29) is 0 Å². The van der Waals surface area contributed by atoms with Gasteiger partial charge in [0.15, 0.2) is 0 Å². The van der Waals surface area contributed by atoms with E-state index in [9.17, 15) is 0 Å². The maximum atomic E-state index is 9.10. The molecule has 0 bridgehead atoms. The first-order valence-electron chi connectivity index (χ1n) is 6.38. The minimum atomic E-state index is -1.82. The van der Waals surface area contributed by atoms with Gasteiger partial charge in [-0.1, -0.05) is 18.6 Å². The monoisotopic (exact) mass is 281 g/mol. The lowest BCUT2D eigenvalue weighted by molar-refractivity contribution is -0.159. The minimum absolute atomic E-state index is 0.551. The van der Waals surface area contributed by atoms with Crippen molar-refractivity contribution in [1.82, 2.24) is 5.32 Å². The average Bonchev–Trinajstić information content (AvgIpc) is 2.49. The van der Waals surface area contributed by atoms with Crippen molar-refractivity contribution in [2.75, 3.05) is 13.7 Å². The fourth-order valence-electron chi connectivity index (χ4n) is 1.97. The van der Waals surface area contributed by atoms with Crippen LogP contribution in [0.15, 0.2) is 24.3 Å². The Morgan fingerprint density at radius 2 is 1.75 bits per heavy atom. The van der Waals surface area contributed by atoms with Gasteiger partial charge in [0.1, 0.15) is 5.75 Å². The molecule has 0 aliphatic carbocycles. The topological polar surface area (TPSA) is 95.9 Å². The zero-order valence-electron chi connectivity index (χ0n) is 11.3. The molecule has 0 spiro atoms. The van der Waals surface area contributed by atoms with Crippen molar-refractivity contribution < 1.29 is 24.5 Å². The van der Waals surface area contributed by atoms with Gasteiger partial charge in [-0.25, -0.2) is 9.59 Å². The van der Waals surface area contributed by atoms with E-state index in [4.69, 9.17) is 24.5 Å². The van der Waals surface area contributed by atoms with Crippen LogP contribution in [0.1, 0.15) is 30.9 Å². The molecule has 2 rings (SSSR count). The quantitative estimate of drug-likeness (QED) is 0.714. The van der Waals surface area contributed by atoms with Crippen LogP contribution >= 0.6 is 0 Å². The van der Waals surface area contributed by atoms with Crippen LogP contribution in [-0.4, -0.2) is 35.8 Å². The van der Waals surface area contributed by atoms with Crippen molar-refractivity contribution >= 4 is 11.9 Å². The van der Waals surface area contributed by atoms with Gasteiger partial charge in [-0.05, 0) is 37.1 Å². The molecule has 1 atom stereocenters. The maximum Gasteiger partial charge on any atom is 0.414 e. The first-order chi connectivity index (χ1) is 9.54. The van der Waals surface area contributed by atoms with E-state index < -0.39 is 11.9 Å². The lowest BCUT2D eigenvalue weighted by Gasteiger charge is -2.23. The smallest absolute Gasteiger partial charge is 0.414 e. The molecule has 6 heteroatoms. The standard InChI is InChI=1S/C12H17NO.C2H2O4/c1-14-11-7-5-10(6-8-11)12-4-2-3-9-13-12;3-1(4)2(5)6/h5-8,12-13H,2-4,9H2,1H3;(H,3,4)(H,5,6). The second-order valence-electron chi connectivity index (χ2n) is 4.39. The summed E-state index contributed by atoms with van der Waals surface area (Å²) in [5.41, 5.74) is 1.38. The number of rotatable bonds is 2. The molecule has 0 radical (unpaired) electrons. The summed E-state index contributed by atoms with van der Waals surface area (Å²) in [4.78, 5) is 18.2. The highest BCUT2D eigenvalue weighted by Gasteiger charge is 2.13. The Bertz CT molecular complexity index is 425. The Morgan fingerprint density at radius 3 is 2.15 bits per heavy atom. The van der Waals surface area contributed by atoms with Crippen LogP contribution in [0.5, 0.6) is 5.75 Å². The van der Waals surface area contributed by atoms with Crippen molar-refractivity contribution in [2.24, 2.45) is 0 Å². The van der Waals surface area contributed by atoms with E-state index in [1.165, 1.54) is 24.8 Å². The lowest BCUT2D eigenvalue weighted by atomic mass is 9.98. The summed E-state index contributed by atoms with van der Waals surface area (Å²) in [7, 11) is 1.70. The van der Waals surface area contributed by atoms with E-state index >= 15 is 0 Å². The maximum absolute atomic E-state index is 9.10. The number of carboxylic acid groups (broad SMARTS) is 2. The molecule has 0 amide bonds. The molecule has 20 heavy (non-hydrogen) atoms. The molecular weight excluding hydrogens is 262 g/mol. The predicted molar refractivity (Wildman–Crippen MR) is 72.9 cm³/mol. The average molecular weight is 281 g/mol. The van der Waals surface area contributed by atoms with Crippen LogP contribution in [0.3, 0.4) is 0 Å². The van der Waals surface area contributed by atoms with Gasteiger partial charge in [-0.15, -0.1) is 0 Å². The van der Waals surface area contributed by atoms with E-state index in [0.29, 0.717) is 6.04 Å². The van der Waals surface area contributed by atoms with Gasteiger partial charge in [-0.3, -0.25) is 0 Å². The SMILES string of the molecule is COc1ccc(C2CCCCN2)cc1.O=C(O)C(=O)O. The fraction of sp³-hybridized carbons (Fsp3) is 0.429. The molecule has 1 fully saturated rings. The van der Waals surface area contributed by atoms with Crippen LogP contribution in [0.4, 0.5) is 0 Å². The van der Waals surface area contributed by atoms with Gasteiger partial charge in [-0.2, -0.15) is 0 Å². The number of nitrogens with one attached hydrogen (secondary N) is 1. The van der Waals surface area contributed by atoms with Crippen molar-refractivity contribution in [2.45, 2.75) is 25.3 Å². The molecule has 1 aliphatic rings. The second-order valence-corrected chi connectivity index (χ2v) is 4.39. The summed E-state index contributed by atoms with van der Waals surface area (Å²) in [6.45, 7) is 1.15. The van der Waals surface area contributed by atoms with E-state index in [2.05, 4.69) is 17.4 Å². The second kappa shape index (κ2) is 8.16. The molecule has 1 aromatic carbocycles. The number of hydrogen-bond acceptors (Lipinski definition) is 4. The summed E-state index contributed by atoms with van der Waals surface area (Å²) in [6, 6.07) is 8.93. The molecule has 1 saturated heterocycles. The molecule has 1 aromatic rings. The molecular formula is C14H19NO5. The van der Waals surface area contributed by atoms with Crippen LogP contribution < -0.4 is 10.1 Å². The predicted octanol–water partition coefficient (Wildman–Crippen LogP) is 1.67. The molecule has 0 saturated carbocycles. The number of hydrogen-bond donors (Lipinski definition) is 3. The van der Waals surface area contributed by atoms with Gasteiger partial charge in [0.05, 0.1) is 7.11 Å². The molecule has 6 nitrogen and oxygen atoms in total. The van der Waals surface area contributed by atoms with Crippen LogP contribution in [0.2, 0.25) is 0 Å². The molecule has 0 aromatic heterocycles. The largest absolute Gasteiger partial charge is 0.497 e. The van der Waals surface area contributed by atoms with Crippen molar-refractivity contribution in [3.8, 4) is 5.75 Å². The van der Waals surface area contributed by atoms with E-state index in [0.717, 1.165) is 12.3 Å². The fourth-order valence-corrected chi connectivity index (χ4v) is 1.97. The first kappa shape index (κ1) is 16.0. The number of piperidine rings is 1. The van der Waals surface area contributed by atoms with Crippen LogP contribution in [0.25, 0.3) is 0 Å². The minimum Gasteiger partial charge on any atom is -0.497 e. The van der Waals surface area contributed by atoms with Gasteiger partial charge >= 0.3 is 11.9 Å². The Morgan fingerprint density at radius 1 is 1.15 bits per heavy atom. The number of ether oxygens (including phenoxy) is 1. The summed E-state index contributed by atoms with van der Waals surface area (Å²) in [5, 5.41) is 18.3. The van der Waals surface area contributed by atoms with Crippen LogP contribution in [-0.2, 0) is 9.59 Å². The Hall–Kier alpha value is -2.08. The number of carbonyl (C=O) groups is 2. The summed E-state index contributed by atoms with van der Waals surface area (Å²) < 4.78 is 5.14. The van der Waals surface area contributed by atoms with Gasteiger partial charge < -0.3 is 20.3 Å². The van der Waals surface area contributed by atoms with E-state index in [1.807, 2.05) is 12.1 Å².